The van der Waals surface area contributed by atoms with Crippen LogP contribution in [0.5, 0.6) is 11.5 Å². The van der Waals surface area contributed by atoms with Crippen LogP contribution in [-0.2, 0) is 19.1 Å². The van der Waals surface area contributed by atoms with Gasteiger partial charge in [-0.05, 0) is 66.7 Å². The molecule has 178 valence electrons. The second-order valence-corrected chi connectivity index (χ2v) is 7.92. The lowest BCUT2D eigenvalue weighted by Crippen LogP contribution is -2.23. The third kappa shape index (κ3) is 5.96. The summed E-state index contributed by atoms with van der Waals surface area (Å²) < 4.78 is 20.4. The fraction of sp³-hybridized carbons (Fsp3) is 0.250. The molecule has 1 fully saturated rings. The van der Waals surface area contributed by atoms with Crippen molar-refractivity contribution in [3.63, 3.8) is 0 Å². The molecule has 0 aliphatic carbocycles. The highest BCUT2D eigenvalue weighted by molar-refractivity contribution is 8.18. The van der Waals surface area contributed by atoms with Gasteiger partial charge in [0.25, 0.3) is 5.91 Å². The standard InChI is InChI=1S/C24H24N2O7S/c1-5-32-19-12-15(6-11-18(19)33-14-21(27)30-3)13-20-22(28)26(2)24(34-20)25-17-9-7-16(8-10-17)23(29)31-4/h6-13H,5,14H2,1-4H3/b20-13+,25-24?. The number of amidine groups is 1. The average molecular weight is 485 g/mol. The third-order valence-corrected chi connectivity index (χ3v) is 5.72. The Balaban J connectivity index is 1.81. The minimum atomic E-state index is -0.503. The van der Waals surface area contributed by atoms with Gasteiger partial charge in [-0.25, -0.2) is 14.6 Å². The van der Waals surface area contributed by atoms with Crippen LogP contribution in [0, 0.1) is 0 Å². The summed E-state index contributed by atoms with van der Waals surface area (Å²) in [6.07, 6.45) is 1.74. The number of carbonyl (C=O) groups excluding carboxylic acids is 3. The number of rotatable bonds is 8. The molecule has 0 aromatic heterocycles. The van der Waals surface area contributed by atoms with Crippen molar-refractivity contribution in [2.75, 3.05) is 34.5 Å². The predicted molar refractivity (Wildman–Crippen MR) is 128 cm³/mol. The Hall–Kier alpha value is -3.79. The average Bonchev–Trinajstić information content (AvgIpc) is 3.11. The van der Waals surface area contributed by atoms with E-state index in [9.17, 15) is 14.4 Å². The minimum absolute atomic E-state index is 0.195. The first-order valence-corrected chi connectivity index (χ1v) is 11.1. The fourth-order valence-electron chi connectivity index (χ4n) is 2.90. The van der Waals surface area contributed by atoms with E-state index in [1.54, 1.807) is 55.6 Å². The fourth-order valence-corrected chi connectivity index (χ4v) is 3.89. The van der Waals surface area contributed by atoms with Crippen molar-refractivity contribution >= 4 is 46.5 Å². The monoisotopic (exact) mass is 484 g/mol. The Kier molecular flexibility index (Phi) is 8.31. The molecule has 0 saturated carbocycles. The molecular weight excluding hydrogens is 460 g/mol. The third-order valence-electron chi connectivity index (χ3n) is 4.66. The molecule has 1 aliphatic heterocycles. The lowest BCUT2D eigenvalue weighted by atomic mass is 10.2. The van der Waals surface area contributed by atoms with Crippen LogP contribution in [0.15, 0.2) is 52.4 Å². The molecule has 0 bridgehead atoms. The summed E-state index contributed by atoms with van der Waals surface area (Å²) in [5.74, 6) is -0.283. The Labute approximate surface area is 201 Å². The largest absolute Gasteiger partial charge is 0.490 e. The quantitative estimate of drug-likeness (QED) is 0.413. The van der Waals surface area contributed by atoms with Crippen LogP contribution in [0.3, 0.4) is 0 Å². The molecule has 1 saturated heterocycles. The van der Waals surface area contributed by atoms with E-state index in [0.717, 1.165) is 5.56 Å². The van der Waals surface area contributed by atoms with Crippen molar-refractivity contribution in [3.05, 3.63) is 58.5 Å². The molecule has 0 atom stereocenters. The van der Waals surface area contributed by atoms with Gasteiger partial charge >= 0.3 is 11.9 Å². The zero-order valence-electron chi connectivity index (χ0n) is 19.2. The normalized spacial score (nSPS) is 15.5. The molecule has 34 heavy (non-hydrogen) atoms. The van der Waals surface area contributed by atoms with Gasteiger partial charge in [0.1, 0.15) is 0 Å². The zero-order chi connectivity index (χ0) is 24.7. The van der Waals surface area contributed by atoms with Crippen molar-refractivity contribution < 1.29 is 33.3 Å². The molecule has 1 heterocycles. The Bertz CT molecular complexity index is 1140. The molecule has 0 radical (unpaired) electrons. The SMILES string of the molecule is CCOc1cc(/C=C2/SC(=Nc3ccc(C(=O)OC)cc3)N(C)C2=O)ccc1OCC(=O)OC. The molecule has 0 N–H and O–H groups in total. The lowest BCUT2D eigenvalue weighted by molar-refractivity contribution is -0.142. The maximum atomic E-state index is 12.8. The topological polar surface area (TPSA) is 104 Å². The first kappa shape index (κ1) is 24.8. The number of nitrogens with zero attached hydrogens (tertiary/aromatic N) is 2. The molecule has 1 aliphatic rings. The number of hydrogen-bond donors (Lipinski definition) is 0. The van der Waals surface area contributed by atoms with Crippen molar-refractivity contribution in [2.45, 2.75) is 6.92 Å². The summed E-state index contributed by atoms with van der Waals surface area (Å²) in [5.41, 5.74) is 1.74. The van der Waals surface area contributed by atoms with Crippen molar-refractivity contribution in [3.8, 4) is 11.5 Å². The number of ether oxygens (including phenoxy) is 4. The summed E-state index contributed by atoms with van der Waals surface area (Å²) in [5, 5.41) is 0.505. The van der Waals surface area contributed by atoms with E-state index in [1.165, 1.54) is 30.9 Å². The molecular formula is C24H24N2O7S. The van der Waals surface area contributed by atoms with E-state index in [1.807, 2.05) is 6.92 Å². The van der Waals surface area contributed by atoms with E-state index in [-0.39, 0.29) is 12.5 Å². The van der Waals surface area contributed by atoms with E-state index in [0.29, 0.717) is 39.4 Å². The zero-order valence-corrected chi connectivity index (χ0v) is 20.0. The van der Waals surface area contributed by atoms with Crippen LogP contribution >= 0.6 is 11.8 Å². The summed E-state index contributed by atoms with van der Waals surface area (Å²) in [4.78, 5) is 42.2. The van der Waals surface area contributed by atoms with Crippen LogP contribution in [-0.4, -0.2) is 62.4 Å². The second kappa shape index (κ2) is 11.4. The smallest absolute Gasteiger partial charge is 0.343 e. The highest BCUT2D eigenvalue weighted by atomic mass is 32.2. The summed E-state index contributed by atoms with van der Waals surface area (Å²) >= 11 is 1.23. The molecule has 2 aromatic carbocycles. The minimum Gasteiger partial charge on any atom is -0.490 e. The van der Waals surface area contributed by atoms with E-state index < -0.39 is 11.9 Å². The maximum Gasteiger partial charge on any atom is 0.343 e. The van der Waals surface area contributed by atoms with E-state index in [4.69, 9.17) is 14.2 Å². The van der Waals surface area contributed by atoms with Crippen molar-refractivity contribution in [1.82, 2.24) is 4.90 Å². The van der Waals surface area contributed by atoms with Gasteiger partial charge in [-0.2, -0.15) is 0 Å². The Morgan fingerprint density at radius 3 is 2.41 bits per heavy atom. The number of aliphatic imine (C=N–C) groups is 1. The number of thioether (sulfide) groups is 1. The first-order valence-electron chi connectivity index (χ1n) is 10.3. The van der Waals surface area contributed by atoms with Gasteiger partial charge in [-0.1, -0.05) is 6.07 Å². The summed E-state index contributed by atoms with van der Waals surface area (Å²) in [6.45, 7) is 1.99. The van der Waals surface area contributed by atoms with Crippen LogP contribution in [0.2, 0.25) is 0 Å². The van der Waals surface area contributed by atoms with Crippen molar-refractivity contribution in [1.29, 1.82) is 0 Å². The highest BCUT2D eigenvalue weighted by Crippen LogP contribution is 2.35. The number of esters is 2. The Morgan fingerprint density at radius 1 is 1.03 bits per heavy atom. The second-order valence-electron chi connectivity index (χ2n) is 6.91. The van der Waals surface area contributed by atoms with Crippen molar-refractivity contribution in [2.24, 2.45) is 4.99 Å². The van der Waals surface area contributed by atoms with Gasteiger partial charge in [0.05, 0.1) is 37.0 Å². The molecule has 10 heteroatoms. The molecule has 3 rings (SSSR count). The van der Waals surface area contributed by atoms with Gasteiger partial charge in [0, 0.05) is 7.05 Å². The van der Waals surface area contributed by atoms with Crippen LogP contribution in [0.25, 0.3) is 6.08 Å². The van der Waals surface area contributed by atoms with Gasteiger partial charge < -0.3 is 18.9 Å². The number of methoxy groups -OCH3 is 2. The van der Waals surface area contributed by atoms with Crippen LogP contribution < -0.4 is 9.47 Å². The number of likely N-dealkylation sites (N-methyl/N-ethyl adjacent to an activating group) is 1. The van der Waals surface area contributed by atoms with Gasteiger partial charge in [0.2, 0.25) is 0 Å². The number of hydrogen-bond acceptors (Lipinski definition) is 9. The molecule has 1 amide bonds. The molecule has 2 aromatic rings. The summed E-state index contributed by atoms with van der Waals surface area (Å²) in [7, 11) is 4.25. The maximum absolute atomic E-state index is 12.8. The molecule has 9 nitrogen and oxygen atoms in total. The highest BCUT2D eigenvalue weighted by Gasteiger charge is 2.30. The van der Waals surface area contributed by atoms with E-state index in [2.05, 4.69) is 9.73 Å². The molecule has 0 spiro atoms. The number of amides is 1. The van der Waals surface area contributed by atoms with Gasteiger partial charge in [-0.3, -0.25) is 9.69 Å². The van der Waals surface area contributed by atoms with Gasteiger partial charge in [-0.15, -0.1) is 0 Å². The van der Waals surface area contributed by atoms with Crippen LogP contribution in [0.4, 0.5) is 5.69 Å². The predicted octanol–water partition coefficient (Wildman–Crippen LogP) is 3.66. The van der Waals surface area contributed by atoms with Crippen LogP contribution in [0.1, 0.15) is 22.8 Å². The summed E-state index contributed by atoms with van der Waals surface area (Å²) in [6, 6.07) is 11.8. The first-order chi connectivity index (χ1) is 16.4. The van der Waals surface area contributed by atoms with E-state index >= 15 is 0 Å². The number of benzene rings is 2. The lowest BCUT2D eigenvalue weighted by Gasteiger charge is -2.12. The Morgan fingerprint density at radius 2 is 1.76 bits per heavy atom. The number of carbonyl (C=O) groups is 3. The molecule has 0 unspecified atom stereocenters. The van der Waals surface area contributed by atoms with Gasteiger partial charge in [0.15, 0.2) is 23.3 Å².